The Labute approximate surface area is 143 Å². The Morgan fingerprint density at radius 2 is 1.91 bits per heavy atom. The van der Waals surface area contributed by atoms with Crippen LogP contribution in [0.4, 0.5) is 0 Å². The summed E-state index contributed by atoms with van der Waals surface area (Å²) in [5, 5.41) is 6.95. The Bertz CT molecular complexity index is 338. The normalized spacial score (nSPS) is 19.7. The number of hydrogen-bond donors (Lipinski definition) is 2. The maximum absolute atomic E-state index is 5.54. The van der Waals surface area contributed by atoms with E-state index in [2.05, 4.69) is 50.4 Å². The summed E-state index contributed by atoms with van der Waals surface area (Å²) in [4.78, 5) is 7.22. The largest absolute Gasteiger partial charge is 0.381 e. The second-order valence-electron chi connectivity index (χ2n) is 6.97. The third kappa shape index (κ3) is 7.08. The number of nitrogens with zero attached hydrogens (tertiary/aromatic N) is 2. The molecule has 23 heavy (non-hydrogen) atoms. The molecule has 0 aromatic rings. The summed E-state index contributed by atoms with van der Waals surface area (Å²) in [7, 11) is 4.32. The molecule has 0 bridgehead atoms. The van der Waals surface area contributed by atoms with Gasteiger partial charge in [-0.25, -0.2) is 0 Å². The molecule has 0 aromatic carbocycles. The second-order valence-corrected chi connectivity index (χ2v) is 6.97. The second kappa shape index (κ2) is 10.9. The first-order chi connectivity index (χ1) is 11.0. The van der Waals surface area contributed by atoms with Crippen molar-refractivity contribution in [3.8, 4) is 0 Å². The molecular formula is C18H38N4O. The lowest BCUT2D eigenvalue weighted by atomic mass is 9.89. The van der Waals surface area contributed by atoms with Gasteiger partial charge in [-0.15, -0.1) is 0 Å². The number of ether oxygens (including phenoxy) is 1. The van der Waals surface area contributed by atoms with E-state index in [1.807, 2.05) is 0 Å². The molecule has 1 aliphatic heterocycles. The summed E-state index contributed by atoms with van der Waals surface area (Å²) in [5.41, 5.74) is 0.131. The van der Waals surface area contributed by atoms with Crippen molar-refractivity contribution in [1.29, 1.82) is 0 Å². The Morgan fingerprint density at radius 3 is 2.48 bits per heavy atom. The fourth-order valence-corrected chi connectivity index (χ4v) is 3.05. The number of rotatable bonds is 9. The molecule has 0 aromatic heterocycles. The van der Waals surface area contributed by atoms with Crippen molar-refractivity contribution in [2.24, 2.45) is 4.99 Å². The number of guanidine groups is 1. The van der Waals surface area contributed by atoms with Gasteiger partial charge in [-0.3, -0.25) is 4.99 Å². The van der Waals surface area contributed by atoms with Crippen LogP contribution in [0.25, 0.3) is 0 Å². The van der Waals surface area contributed by atoms with Crippen LogP contribution in [0.2, 0.25) is 0 Å². The first-order valence-corrected chi connectivity index (χ1v) is 9.34. The van der Waals surface area contributed by atoms with Gasteiger partial charge in [0.2, 0.25) is 0 Å². The van der Waals surface area contributed by atoms with E-state index in [9.17, 15) is 0 Å². The molecule has 0 spiro atoms. The quantitative estimate of drug-likeness (QED) is 0.388. The number of hydrogen-bond acceptors (Lipinski definition) is 3. The maximum Gasteiger partial charge on any atom is 0.191 e. The van der Waals surface area contributed by atoms with Crippen LogP contribution in [0.3, 0.4) is 0 Å². The van der Waals surface area contributed by atoms with E-state index >= 15 is 0 Å². The Hall–Kier alpha value is -0.810. The van der Waals surface area contributed by atoms with Gasteiger partial charge in [0.1, 0.15) is 0 Å². The molecule has 5 heteroatoms. The van der Waals surface area contributed by atoms with Gasteiger partial charge in [-0.2, -0.15) is 0 Å². The van der Waals surface area contributed by atoms with Gasteiger partial charge >= 0.3 is 0 Å². The molecule has 1 saturated heterocycles. The zero-order chi connectivity index (χ0) is 17.1. The summed E-state index contributed by atoms with van der Waals surface area (Å²) in [6.07, 6.45) is 7.16. The lowest BCUT2D eigenvalue weighted by molar-refractivity contribution is -0.00255. The first-order valence-electron chi connectivity index (χ1n) is 9.34. The molecule has 1 atom stereocenters. The van der Waals surface area contributed by atoms with Crippen molar-refractivity contribution in [1.82, 2.24) is 15.5 Å². The Kier molecular flexibility index (Phi) is 9.56. The van der Waals surface area contributed by atoms with Gasteiger partial charge < -0.3 is 20.3 Å². The highest BCUT2D eigenvalue weighted by atomic mass is 16.5. The first kappa shape index (κ1) is 20.2. The van der Waals surface area contributed by atoms with Crippen molar-refractivity contribution in [3.05, 3.63) is 0 Å². The average molecular weight is 327 g/mol. The molecule has 1 rings (SSSR count). The van der Waals surface area contributed by atoms with Gasteiger partial charge in [0.25, 0.3) is 0 Å². The molecule has 1 aliphatic rings. The summed E-state index contributed by atoms with van der Waals surface area (Å²) >= 11 is 0. The van der Waals surface area contributed by atoms with Gasteiger partial charge in [-0.05, 0) is 47.2 Å². The van der Waals surface area contributed by atoms with Gasteiger partial charge in [0, 0.05) is 31.3 Å². The van der Waals surface area contributed by atoms with Crippen molar-refractivity contribution in [2.75, 3.05) is 40.4 Å². The van der Waals surface area contributed by atoms with Crippen LogP contribution in [0.15, 0.2) is 4.99 Å². The molecule has 5 nitrogen and oxygen atoms in total. The van der Waals surface area contributed by atoms with Crippen molar-refractivity contribution < 1.29 is 4.74 Å². The number of nitrogens with one attached hydrogen (secondary N) is 2. The Morgan fingerprint density at radius 1 is 1.22 bits per heavy atom. The smallest absolute Gasteiger partial charge is 0.191 e. The summed E-state index contributed by atoms with van der Waals surface area (Å²) < 4.78 is 5.54. The van der Waals surface area contributed by atoms with Crippen molar-refractivity contribution >= 4 is 5.96 Å². The fourth-order valence-electron chi connectivity index (χ4n) is 3.05. The zero-order valence-electron chi connectivity index (χ0n) is 16.0. The SMILES string of the molecule is CCCCCC(C)NC(=NCC1(N(C)C)CCOCC1)NCC. The maximum atomic E-state index is 5.54. The molecule has 0 saturated carbocycles. The number of likely N-dealkylation sites (N-methyl/N-ethyl adjacent to an activating group) is 1. The topological polar surface area (TPSA) is 48.9 Å². The van der Waals surface area contributed by atoms with E-state index in [4.69, 9.17) is 9.73 Å². The standard InChI is InChI=1S/C18H38N4O/c1-6-8-9-10-16(3)21-17(19-7-2)20-15-18(22(4)5)11-13-23-14-12-18/h16H,6-15H2,1-5H3,(H2,19,20,21). The van der Waals surface area contributed by atoms with Crippen LogP contribution in [-0.2, 0) is 4.74 Å². The number of unbranched alkanes of at least 4 members (excludes halogenated alkanes) is 2. The van der Waals surface area contributed by atoms with Crippen LogP contribution < -0.4 is 10.6 Å². The lowest BCUT2D eigenvalue weighted by Crippen LogP contribution is -2.52. The van der Waals surface area contributed by atoms with Crippen LogP contribution in [0, 0.1) is 0 Å². The predicted molar refractivity (Wildman–Crippen MR) is 99.2 cm³/mol. The molecule has 0 radical (unpaired) electrons. The zero-order valence-corrected chi connectivity index (χ0v) is 16.0. The van der Waals surface area contributed by atoms with Crippen LogP contribution in [0.5, 0.6) is 0 Å². The molecule has 1 unspecified atom stereocenters. The van der Waals surface area contributed by atoms with Gasteiger partial charge in [0.15, 0.2) is 5.96 Å². The van der Waals surface area contributed by atoms with Crippen molar-refractivity contribution in [3.63, 3.8) is 0 Å². The third-order valence-corrected chi connectivity index (χ3v) is 4.87. The van der Waals surface area contributed by atoms with E-state index in [0.717, 1.165) is 45.1 Å². The Balaban J connectivity index is 2.61. The lowest BCUT2D eigenvalue weighted by Gasteiger charge is -2.41. The monoisotopic (exact) mass is 326 g/mol. The average Bonchev–Trinajstić information content (AvgIpc) is 2.54. The molecule has 1 heterocycles. The molecule has 2 N–H and O–H groups in total. The fraction of sp³-hybridized carbons (Fsp3) is 0.944. The molecule has 1 fully saturated rings. The minimum absolute atomic E-state index is 0.131. The number of aliphatic imine (C=N–C) groups is 1. The van der Waals surface area contributed by atoms with E-state index in [0.29, 0.717) is 6.04 Å². The minimum Gasteiger partial charge on any atom is -0.381 e. The molecule has 0 amide bonds. The van der Waals surface area contributed by atoms with Crippen LogP contribution in [-0.4, -0.2) is 62.8 Å². The minimum atomic E-state index is 0.131. The highest BCUT2D eigenvalue weighted by Crippen LogP contribution is 2.26. The van der Waals surface area contributed by atoms with Crippen molar-refractivity contribution in [2.45, 2.75) is 70.9 Å². The predicted octanol–water partition coefficient (Wildman–Crippen LogP) is 2.62. The van der Waals surface area contributed by atoms with E-state index < -0.39 is 0 Å². The van der Waals surface area contributed by atoms with E-state index in [-0.39, 0.29) is 5.54 Å². The molecule has 136 valence electrons. The molecular weight excluding hydrogens is 288 g/mol. The van der Waals surface area contributed by atoms with E-state index in [1.165, 1.54) is 25.7 Å². The van der Waals surface area contributed by atoms with Crippen LogP contribution in [0.1, 0.15) is 59.3 Å². The summed E-state index contributed by atoms with van der Waals surface area (Å²) in [5.74, 6) is 0.948. The van der Waals surface area contributed by atoms with Crippen LogP contribution >= 0.6 is 0 Å². The summed E-state index contributed by atoms with van der Waals surface area (Å²) in [6.45, 7) is 10.0. The van der Waals surface area contributed by atoms with Gasteiger partial charge in [-0.1, -0.05) is 26.2 Å². The third-order valence-electron chi connectivity index (χ3n) is 4.87. The van der Waals surface area contributed by atoms with E-state index in [1.54, 1.807) is 0 Å². The highest BCUT2D eigenvalue weighted by molar-refractivity contribution is 5.80. The molecule has 0 aliphatic carbocycles. The summed E-state index contributed by atoms with van der Waals surface area (Å²) in [6, 6.07) is 0.462. The highest BCUT2D eigenvalue weighted by Gasteiger charge is 2.34. The van der Waals surface area contributed by atoms with Gasteiger partial charge in [0.05, 0.1) is 6.54 Å².